The number of benzene rings is 2. The smallest absolute Gasteiger partial charge is 0.0260 e. The third-order valence-electron chi connectivity index (χ3n) is 3.84. The lowest BCUT2D eigenvalue weighted by atomic mass is 9.98. The quantitative estimate of drug-likeness (QED) is 0.546. The maximum Gasteiger partial charge on any atom is -0.0260 e. The minimum absolute atomic E-state index is 1.15. The Kier molecular flexibility index (Phi) is 6.27. The molecule has 0 nitrogen and oxygen atoms in total. The lowest BCUT2D eigenvalue weighted by molar-refractivity contribution is 0.819. The summed E-state index contributed by atoms with van der Waals surface area (Å²) < 4.78 is 0. The maximum atomic E-state index is 2.30. The van der Waals surface area contributed by atoms with Gasteiger partial charge in [0.05, 0.1) is 0 Å². The summed E-state index contributed by atoms with van der Waals surface area (Å²) in [5.41, 5.74) is 5.68. The van der Waals surface area contributed by atoms with Crippen molar-refractivity contribution in [1.29, 1.82) is 0 Å². The molecule has 21 heavy (non-hydrogen) atoms. The zero-order chi connectivity index (χ0) is 14.9. The molecule has 0 heterocycles. The van der Waals surface area contributed by atoms with Crippen molar-refractivity contribution in [3.05, 3.63) is 76.9 Å². The van der Waals surface area contributed by atoms with Crippen LogP contribution in [-0.4, -0.2) is 0 Å². The van der Waals surface area contributed by atoms with Gasteiger partial charge in [0, 0.05) is 0 Å². The third-order valence-corrected chi connectivity index (χ3v) is 3.84. The molecule has 0 amide bonds. The van der Waals surface area contributed by atoms with Crippen LogP contribution in [0.1, 0.15) is 48.4 Å². The Hall–Kier alpha value is -1.82. The van der Waals surface area contributed by atoms with Crippen molar-refractivity contribution in [2.45, 2.75) is 46.0 Å². The Morgan fingerprint density at radius 1 is 0.857 bits per heavy atom. The maximum absolute atomic E-state index is 2.30. The van der Waals surface area contributed by atoms with Crippen molar-refractivity contribution in [3.8, 4) is 0 Å². The summed E-state index contributed by atoms with van der Waals surface area (Å²) in [4.78, 5) is 0. The number of rotatable bonds is 7. The summed E-state index contributed by atoms with van der Waals surface area (Å²) in [5, 5.41) is 0. The van der Waals surface area contributed by atoms with Crippen molar-refractivity contribution < 1.29 is 0 Å². The molecular formula is C21H26. The van der Waals surface area contributed by atoms with Crippen molar-refractivity contribution >= 4 is 6.08 Å². The van der Waals surface area contributed by atoms with Gasteiger partial charge in [0.25, 0.3) is 0 Å². The van der Waals surface area contributed by atoms with Gasteiger partial charge in [-0.25, -0.2) is 0 Å². The minimum Gasteiger partial charge on any atom is -0.0839 e. The van der Waals surface area contributed by atoms with E-state index < -0.39 is 0 Å². The Balaban J connectivity index is 1.80. The molecule has 0 fully saturated rings. The first kappa shape index (κ1) is 15.6. The van der Waals surface area contributed by atoms with E-state index in [4.69, 9.17) is 0 Å². The normalized spacial score (nSPS) is 11.1. The molecular weight excluding hydrogens is 252 g/mol. The standard InChI is InChI=1S/C21H26/c1-3-9-20-12-7-8-13-21(20)11-6-4-5-10-19-16-14-18(2)15-17-19/h5,7-8,10,12-17H,3-4,6,9,11H2,1-2H3/b10-5-. The average molecular weight is 278 g/mol. The van der Waals surface area contributed by atoms with Gasteiger partial charge >= 0.3 is 0 Å². The molecule has 0 saturated heterocycles. The molecule has 0 saturated carbocycles. The molecule has 0 heteroatoms. The molecule has 2 rings (SSSR count). The van der Waals surface area contributed by atoms with E-state index in [0.717, 1.165) is 6.42 Å². The fourth-order valence-electron chi connectivity index (χ4n) is 2.62. The van der Waals surface area contributed by atoms with Crippen LogP contribution in [0.5, 0.6) is 0 Å². The lowest BCUT2D eigenvalue weighted by Gasteiger charge is -2.07. The van der Waals surface area contributed by atoms with Crippen LogP contribution in [0.3, 0.4) is 0 Å². The van der Waals surface area contributed by atoms with Crippen LogP contribution in [-0.2, 0) is 12.8 Å². The van der Waals surface area contributed by atoms with Crippen LogP contribution < -0.4 is 0 Å². The van der Waals surface area contributed by atoms with Crippen molar-refractivity contribution in [2.75, 3.05) is 0 Å². The van der Waals surface area contributed by atoms with Gasteiger partial charge in [0.1, 0.15) is 0 Å². The first-order valence-corrected chi connectivity index (χ1v) is 8.09. The molecule has 110 valence electrons. The van der Waals surface area contributed by atoms with E-state index in [2.05, 4.69) is 74.5 Å². The van der Waals surface area contributed by atoms with Crippen molar-refractivity contribution in [1.82, 2.24) is 0 Å². The van der Waals surface area contributed by atoms with E-state index in [9.17, 15) is 0 Å². The summed E-state index contributed by atoms with van der Waals surface area (Å²) in [5.74, 6) is 0. The Morgan fingerprint density at radius 3 is 2.19 bits per heavy atom. The highest BCUT2D eigenvalue weighted by atomic mass is 14.0. The summed E-state index contributed by atoms with van der Waals surface area (Å²) in [6, 6.07) is 17.6. The van der Waals surface area contributed by atoms with Gasteiger partial charge in [-0.2, -0.15) is 0 Å². The second-order valence-corrected chi connectivity index (χ2v) is 5.72. The number of hydrogen-bond donors (Lipinski definition) is 0. The molecule has 0 aromatic heterocycles. The molecule has 0 radical (unpaired) electrons. The molecule has 0 aliphatic heterocycles. The second kappa shape index (κ2) is 8.46. The highest BCUT2D eigenvalue weighted by molar-refractivity contribution is 5.49. The van der Waals surface area contributed by atoms with E-state index in [1.165, 1.54) is 47.9 Å². The highest BCUT2D eigenvalue weighted by Crippen LogP contribution is 2.14. The molecule has 2 aromatic carbocycles. The molecule has 0 spiro atoms. The van der Waals surface area contributed by atoms with E-state index in [0.29, 0.717) is 0 Å². The average Bonchev–Trinajstić information content (AvgIpc) is 2.51. The van der Waals surface area contributed by atoms with Gasteiger partial charge < -0.3 is 0 Å². The van der Waals surface area contributed by atoms with Crippen LogP contribution in [0.2, 0.25) is 0 Å². The number of allylic oxidation sites excluding steroid dienone is 1. The van der Waals surface area contributed by atoms with Crippen LogP contribution in [0, 0.1) is 6.92 Å². The second-order valence-electron chi connectivity index (χ2n) is 5.72. The topological polar surface area (TPSA) is 0 Å². The zero-order valence-corrected chi connectivity index (χ0v) is 13.3. The Bertz CT molecular complexity index is 561. The summed E-state index contributed by atoms with van der Waals surface area (Å²) in [7, 11) is 0. The first-order valence-electron chi connectivity index (χ1n) is 8.09. The lowest BCUT2D eigenvalue weighted by Crippen LogP contribution is -1.93. The monoisotopic (exact) mass is 278 g/mol. The molecule has 0 unspecified atom stereocenters. The minimum atomic E-state index is 1.15. The highest BCUT2D eigenvalue weighted by Gasteiger charge is 1.99. The largest absolute Gasteiger partial charge is 0.0839 e. The zero-order valence-electron chi connectivity index (χ0n) is 13.3. The van der Waals surface area contributed by atoms with E-state index in [1.807, 2.05) is 0 Å². The van der Waals surface area contributed by atoms with Gasteiger partial charge in [0.15, 0.2) is 0 Å². The first-order chi connectivity index (χ1) is 10.3. The predicted octanol–water partition coefficient (Wildman–Crippen LogP) is 5.98. The Labute approximate surface area is 129 Å². The van der Waals surface area contributed by atoms with Crippen LogP contribution >= 0.6 is 0 Å². The number of hydrogen-bond acceptors (Lipinski definition) is 0. The Morgan fingerprint density at radius 2 is 1.52 bits per heavy atom. The number of aryl methyl sites for hydroxylation is 3. The summed E-state index contributed by atoms with van der Waals surface area (Å²) in [6.45, 7) is 4.38. The van der Waals surface area contributed by atoms with E-state index >= 15 is 0 Å². The SMILES string of the molecule is CCCc1ccccc1CCC/C=C\c1ccc(C)cc1. The third kappa shape index (κ3) is 5.23. The molecule has 0 atom stereocenters. The van der Waals surface area contributed by atoms with Crippen LogP contribution in [0.25, 0.3) is 6.08 Å². The molecule has 2 aromatic rings. The molecule has 0 N–H and O–H groups in total. The van der Waals surface area contributed by atoms with Crippen molar-refractivity contribution in [3.63, 3.8) is 0 Å². The fraction of sp³-hybridized carbons (Fsp3) is 0.333. The van der Waals surface area contributed by atoms with Crippen LogP contribution in [0.4, 0.5) is 0 Å². The molecule has 0 aliphatic rings. The van der Waals surface area contributed by atoms with Gasteiger partial charge in [0.2, 0.25) is 0 Å². The summed E-state index contributed by atoms with van der Waals surface area (Å²) >= 11 is 0. The van der Waals surface area contributed by atoms with Gasteiger partial charge in [-0.15, -0.1) is 0 Å². The fourth-order valence-corrected chi connectivity index (χ4v) is 2.62. The van der Waals surface area contributed by atoms with Gasteiger partial charge in [-0.05, 0) is 49.3 Å². The molecule has 0 bridgehead atoms. The van der Waals surface area contributed by atoms with E-state index in [1.54, 1.807) is 0 Å². The van der Waals surface area contributed by atoms with Gasteiger partial charge in [-0.3, -0.25) is 0 Å². The van der Waals surface area contributed by atoms with E-state index in [-0.39, 0.29) is 0 Å². The van der Waals surface area contributed by atoms with Crippen LogP contribution in [0.15, 0.2) is 54.6 Å². The number of unbranched alkanes of at least 4 members (excludes halogenated alkanes) is 1. The summed E-state index contributed by atoms with van der Waals surface area (Å²) in [6.07, 6.45) is 10.5. The molecule has 0 aliphatic carbocycles. The predicted molar refractivity (Wildman–Crippen MR) is 93.6 cm³/mol. The van der Waals surface area contributed by atoms with Crippen molar-refractivity contribution in [2.24, 2.45) is 0 Å². The van der Waals surface area contributed by atoms with Gasteiger partial charge in [-0.1, -0.05) is 79.6 Å².